The molecule has 2 aromatic heterocycles. The van der Waals surface area contributed by atoms with E-state index in [9.17, 15) is 9.59 Å². The number of rotatable bonds is 5. The summed E-state index contributed by atoms with van der Waals surface area (Å²) in [7, 11) is 0. The number of nitrogens with zero attached hydrogens (tertiary/aromatic N) is 1. The number of benzene rings is 2. The maximum Gasteiger partial charge on any atom is 0.354 e. The fourth-order valence-corrected chi connectivity index (χ4v) is 2.98. The van der Waals surface area contributed by atoms with E-state index in [1.54, 1.807) is 10.6 Å². The van der Waals surface area contributed by atoms with Gasteiger partial charge in [0.05, 0.1) is 17.6 Å². The second kappa shape index (κ2) is 6.32. The number of H-pyrrole nitrogens is 2. The molecule has 25 heavy (non-hydrogen) atoms. The summed E-state index contributed by atoms with van der Waals surface area (Å²) in [5.41, 5.74) is 2.85. The zero-order valence-electron chi connectivity index (χ0n) is 13.5. The quantitative estimate of drug-likeness (QED) is 0.434. The molecule has 4 rings (SSSR count). The lowest BCUT2D eigenvalue weighted by molar-refractivity contribution is 0.0490. The summed E-state index contributed by atoms with van der Waals surface area (Å²) < 4.78 is 6.97. The summed E-state index contributed by atoms with van der Waals surface area (Å²) in [5.74, 6) is -0.387. The van der Waals surface area contributed by atoms with Crippen LogP contribution in [0.15, 0.2) is 59.4 Å². The van der Waals surface area contributed by atoms with Crippen LogP contribution < -0.4 is 5.69 Å². The largest absolute Gasteiger partial charge is 0.461 e. The lowest BCUT2D eigenvalue weighted by Gasteiger charge is -2.05. The van der Waals surface area contributed by atoms with E-state index in [1.165, 1.54) is 0 Å². The molecule has 0 bridgehead atoms. The van der Waals surface area contributed by atoms with Gasteiger partial charge in [-0.1, -0.05) is 30.3 Å². The number of para-hydroxylation sites is 3. The van der Waals surface area contributed by atoms with E-state index in [0.717, 1.165) is 21.9 Å². The molecule has 0 fully saturated rings. The van der Waals surface area contributed by atoms with E-state index in [0.29, 0.717) is 18.7 Å². The number of aromatic nitrogens is 3. The second-order valence-electron chi connectivity index (χ2n) is 5.86. The van der Waals surface area contributed by atoms with Crippen molar-refractivity contribution in [1.29, 1.82) is 0 Å². The summed E-state index contributed by atoms with van der Waals surface area (Å²) >= 11 is 0. The molecular weight excluding hydrogens is 318 g/mol. The van der Waals surface area contributed by atoms with Gasteiger partial charge in [-0.25, -0.2) is 9.59 Å². The van der Waals surface area contributed by atoms with Gasteiger partial charge in [0.25, 0.3) is 0 Å². The highest BCUT2D eigenvalue weighted by Gasteiger charge is 2.11. The first-order valence-corrected chi connectivity index (χ1v) is 8.15. The van der Waals surface area contributed by atoms with Crippen molar-refractivity contribution in [3.05, 3.63) is 70.8 Å². The number of ether oxygens (including phenoxy) is 1. The topological polar surface area (TPSA) is 79.9 Å². The third-order valence-electron chi connectivity index (χ3n) is 4.19. The number of fused-ring (bicyclic) bond motifs is 2. The molecule has 0 aliphatic heterocycles. The van der Waals surface area contributed by atoms with Crippen LogP contribution in [-0.4, -0.2) is 27.1 Å². The predicted molar refractivity (Wildman–Crippen MR) is 95.8 cm³/mol. The third-order valence-corrected chi connectivity index (χ3v) is 4.19. The Balaban J connectivity index is 1.38. The van der Waals surface area contributed by atoms with Crippen LogP contribution in [-0.2, 0) is 11.3 Å². The van der Waals surface area contributed by atoms with Crippen LogP contribution in [0.4, 0.5) is 0 Å². The molecule has 6 nitrogen and oxygen atoms in total. The number of carbonyl (C=O) groups excluding carboxylic acids is 1. The molecule has 4 aromatic rings. The zero-order valence-corrected chi connectivity index (χ0v) is 13.5. The van der Waals surface area contributed by atoms with Crippen molar-refractivity contribution in [2.24, 2.45) is 0 Å². The lowest BCUT2D eigenvalue weighted by Crippen LogP contribution is -2.18. The van der Waals surface area contributed by atoms with Crippen molar-refractivity contribution in [2.75, 3.05) is 6.61 Å². The maximum absolute atomic E-state index is 12.1. The third kappa shape index (κ3) is 2.94. The monoisotopic (exact) mass is 335 g/mol. The Labute approximate surface area is 143 Å². The van der Waals surface area contributed by atoms with Crippen molar-refractivity contribution in [2.45, 2.75) is 13.0 Å². The summed E-state index contributed by atoms with van der Waals surface area (Å²) in [6.07, 6.45) is 0.563. The summed E-state index contributed by atoms with van der Waals surface area (Å²) in [6, 6.07) is 17.0. The maximum atomic E-state index is 12.1. The fourth-order valence-electron chi connectivity index (χ4n) is 2.98. The van der Waals surface area contributed by atoms with Gasteiger partial charge in [-0.05, 0) is 30.7 Å². The SMILES string of the molecule is O=C(OCCCn1c(=O)[nH]c2ccccc21)c1cc2ccccc2[nH]1. The van der Waals surface area contributed by atoms with Gasteiger partial charge in [-0.2, -0.15) is 0 Å². The van der Waals surface area contributed by atoms with Gasteiger partial charge < -0.3 is 14.7 Å². The standard InChI is InChI=1S/C19H17N3O3/c23-18(16-12-13-6-1-2-7-14(13)20-16)25-11-5-10-22-17-9-4-3-8-15(17)21-19(22)24/h1-4,6-9,12,20H,5,10-11H2,(H,21,24). The molecule has 2 heterocycles. The highest BCUT2D eigenvalue weighted by atomic mass is 16.5. The van der Waals surface area contributed by atoms with E-state index < -0.39 is 0 Å². The molecule has 0 atom stereocenters. The number of imidazole rings is 1. The van der Waals surface area contributed by atoms with E-state index >= 15 is 0 Å². The minimum absolute atomic E-state index is 0.150. The first kappa shape index (κ1) is 15.3. The fraction of sp³-hybridized carbons (Fsp3) is 0.158. The second-order valence-corrected chi connectivity index (χ2v) is 5.86. The Hall–Kier alpha value is -3.28. The average molecular weight is 335 g/mol. The van der Waals surface area contributed by atoms with Gasteiger partial charge in [0.1, 0.15) is 5.69 Å². The molecule has 2 N–H and O–H groups in total. The van der Waals surface area contributed by atoms with Crippen LogP contribution in [0.5, 0.6) is 0 Å². The molecule has 0 spiro atoms. The Morgan fingerprint density at radius 2 is 1.76 bits per heavy atom. The van der Waals surface area contributed by atoms with Crippen molar-refractivity contribution in [1.82, 2.24) is 14.5 Å². The Morgan fingerprint density at radius 3 is 2.60 bits per heavy atom. The van der Waals surface area contributed by atoms with Crippen LogP contribution in [0, 0.1) is 0 Å². The molecule has 126 valence electrons. The van der Waals surface area contributed by atoms with Crippen LogP contribution in [0.25, 0.3) is 21.9 Å². The number of nitrogens with one attached hydrogen (secondary N) is 2. The molecule has 2 aromatic carbocycles. The molecule has 0 saturated heterocycles. The molecule has 0 aliphatic rings. The van der Waals surface area contributed by atoms with E-state index in [-0.39, 0.29) is 18.3 Å². The smallest absolute Gasteiger partial charge is 0.354 e. The molecule has 0 amide bonds. The zero-order chi connectivity index (χ0) is 17.2. The van der Waals surface area contributed by atoms with Crippen LogP contribution in [0.1, 0.15) is 16.9 Å². The normalized spacial score (nSPS) is 11.2. The van der Waals surface area contributed by atoms with Crippen molar-refractivity contribution in [3.8, 4) is 0 Å². The number of carbonyl (C=O) groups is 1. The number of aromatic amines is 2. The van der Waals surface area contributed by atoms with Gasteiger partial charge >= 0.3 is 11.7 Å². The van der Waals surface area contributed by atoms with Crippen molar-refractivity contribution < 1.29 is 9.53 Å². The van der Waals surface area contributed by atoms with E-state index in [4.69, 9.17) is 4.74 Å². The van der Waals surface area contributed by atoms with Crippen LogP contribution in [0.2, 0.25) is 0 Å². The Morgan fingerprint density at radius 1 is 1.00 bits per heavy atom. The number of esters is 1. The lowest BCUT2D eigenvalue weighted by atomic mass is 10.2. The minimum atomic E-state index is -0.387. The Bertz CT molecular complexity index is 1070. The average Bonchev–Trinajstić information content (AvgIpc) is 3.19. The first-order valence-electron chi connectivity index (χ1n) is 8.15. The van der Waals surface area contributed by atoms with Gasteiger partial charge in [0.2, 0.25) is 0 Å². The number of aryl methyl sites for hydroxylation is 1. The Kier molecular flexibility index (Phi) is 3.85. The molecule has 0 radical (unpaired) electrons. The molecule has 0 unspecified atom stereocenters. The van der Waals surface area contributed by atoms with Crippen LogP contribution >= 0.6 is 0 Å². The highest BCUT2D eigenvalue weighted by Crippen LogP contribution is 2.15. The first-order chi connectivity index (χ1) is 12.2. The molecular formula is C19H17N3O3. The van der Waals surface area contributed by atoms with Crippen LogP contribution in [0.3, 0.4) is 0 Å². The summed E-state index contributed by atoms with van der Waals surface area (Å²) in [5, 5.41) is 0.972. The van der Waals surface area contributed by atoms with Crippen molar-refractivity contribution in [3.63, 3.8) is 0 Å². The summed E-state index contributed by atoms with van der Waals surface area (Å²) in [4.78, 5) is 30.0. The highest BCUT2D eigenvalue weighted by molar-refractivity contribution is 5.94. The van der Waals surface area contributed by atoms with Gasteiger partial charge in [0, 0.05) is 17.4 Å². The van der Waals surface area contributed by atoms with Gasteiger partial charge in [-0.3, -0.25) is 4.57 Å². The van der Waals surface area contributed by atoms with Gasteiger partial charge in [-0.15, -0.1) is 0 Å². The molecule has 0 aliphatic carbocycles. The minimum Gasteiger partial charge on any atom is -0.461 e. The summed E-state index contributed by atoms with van der Waals surface area (Å²) in [6.45, 7) is 0.739. The van der Waals surface area contributed by atoms with Gasteiger partial charge in [0.15, 0.2) is 0 Å². The van der Waals surface area contributed by atoms with E-state index in [1.807, 2.05) is 48.5 Å². The molecule has 0 saturated carbocycles. The number of hydrogen-bond acceptors (Lipinski definition) is 3. The molecule has 6 heteroatoms. The van der Waals surface area contributed by atoms with E-state index in [2.05, 4.69) is 9.97 Å². The predicted octanol–water partition coefficient (Wildman–Crippen LogP) is 3.06. The van der Waals surface area contributed by atoms with Crippen molar-refractivity contribution >= 4 is 27.9 Å². The number of hydrogen-bond donors (Lipinski definition) is 2.